The van der Waals surface area contributed by atoms with E-state index in [0.29, 0.717) is 12.8 Å². The van der Waals surface area contributed by atoms with E-state index >= 15 is 0 Å². The second-order valence-corrected chi connectivity index (χ2v) is 6.51. The zero-order chi connectivity index (χ0) is 18.4. The van der Waals surface area contributed by atoms with Crippen LogP contribution < -0.4 is 0 Å². The summed E-state index contributed by atoms with van der Waals surface area (Å²) in [5.41, 5.74) is 7.27. The van der Waals surface area contributed by atoms with Crippen molar-refractivity contribution in [2.75, 3.05) is 0 Å². The van der Waals surface area contributed by atoms with Gasteiger partial charge in [0.2, 0.25) is 0 Å². The topological polar surface area (TPSA) is 60.7 Å². The molecule has 0 heterocycles. The Morgan fingerprint density at radius 3 is 2.20 bits per heavy atom. The van der Waals surface area contributed by atoms with Crippen LogP contribution in [0.1, 0.15) is 54.2 Å². The van der Waals surface area contributed by atoms with Gasteiger partial charge >= 0.3 is 0 Å². The van der Waals surface area contributed by atoms with Gasteiger partial charge in [-0.15, -0.1) is 5.73 Å². The lowest BCUT2D eigenvalue weighted by molar-refractivity contribution is 0.178. The molecule has 3 heteroatoms. The molecule has 0 aromatic heterocycles. The minimum Gasteiger partial charge on any atom is -0.507 e. The molecule has 0 unspecified atom stereocenters. The molecule has 2 rings (SSSR count). The number of hydrogen-bond donors (Lipinski definition) is 3. The van der Waals surface area contributed by atoms with Gasteiger partial charge in [-0.1, -0.05) is 30.3 Å². The highest BCUT2D eigenvalue weighted by Crippen LogP contribution is 2.27. The first-order valence-electron chi connectivity index (χ1n) is 8.50. The average Bonchev–Trinajstić information content (AvgIpc) is 2.59. The molecular formula is C22H26O3. The summed E-state index contributed by atoms with van der Waals surface area (Å²) in [6, 6.07) is 13.2. The number of aliphatic hydroxyl groups is 2. The normalized spacial score (nSPS) is 13.0. The summed E-state index contributed by atoms with van der Waals surface area (Å²) in [5.74, 6) is 0.275. The molecule has 0 amide bonds. The fraction of sp³-hybridized carbons (Fsp3) is 0.318. The third-order valence-electron chi connectivity index (χ3n) is 4.27. The molecule has 0 saturated carbocycles. The van der Waals surface area contributed by atoms with Gasteiger partial charge in [0.15, 0.2) is 0 Å². The monoisotopic (exact) mass is 338 g/mol. The number of aromatic hydroxyl groups is 1. The fourth-order valence-electron chi connectivity index (χ4n) is 2.80. The predicted molar refractivity (Wildman–Crippen MR) is 100 cm³/mol. The zero-order valence-corrected chi connectivity index (χ0v) is 15.0. The quantitative estimate of drug-likeness (QED) is 0.672. The van der Waals surface area contributed by atoms with Crippen LogP contribution in [0.15, 0.2) is 59.8 Å². The lowest BCUT2D eigenvalue weighted by Crippen LogP contribution is -1.98. The van der Waals surface area contributed by atoms with Crippen molar-refractivity contribution in [1.29, 1.82) is 0 Å². The first-order chi connectivity index (χ1) is 11.9. The Hall–Kier alpha value is -2.32. The van der Waals surface area contributed by atoms with Crippen molar-refractivity contribution in [2.24, 2.45) is 0 Å². The van der Waals surface area contributed by atoms with Crippen molar-refractivity contribution < 1.29 is 15.3 Å². The number of hydrogen-bond acceptors (Lipinski definition) is 3. The Morgan fingerprint density at radius 2 is 1.60 bits per heavy atom. The largest absolute Gasteiger partial charge is 0.507 e. The summed E-state index contributed by atoms with van der Waals surface area (Å²) >= 11 is 0. The summed E-state index contributed by atoms with van der Waals surface area (Å²) in [6.07, 6.45) is 1.55. The predicted octanol–water partition coefficient (Wildman–Crippen LogP) is 4.66. The summed E-state index contributed by atoms with van der Waals surface area (Å²) in [7, 11) is 0. The number of phenolic OH excluding ortho intramolecular Hbond substituents is 1. The lowest BCUT2D eigenvalue weighted by Gasteiger charge is -2.12. The van der Waals surface area contributed by atoms with Crippen LogP contribution in [-0.2, 0) is 0 Å². The Morgan fingerprint density at radius 1 is 1.00 bits per heavy atom. The number of benzene rings is 2. The molecular weight excluding hydrogens is 312 g/mol. The molecule has 0 radical (unpaired) electrons. The van der Waals surface area contributed by atoms with Crippen molar-refractivity contribution in [1.82, 2.24) is 0 Å². The van der Waals surface area contributed by atoms with Crippen LogP contribution in [-0.4, -0.2) is 15.3 Å². The van der Waals surface area contributed by atoms with Crippen LogP contribution in [0, 0.1) is 13.8 Å². The highest BCUT2D eigenvalue weighted by molar-refractivity contribution is 5.42. The van der Waals surface area contributed by atoms with Crippen LogP contribution >= 0.6 is 0 Å². The summed E-state index contributed by atoms with van der Waals surface area (Å²) in [5, 5.41) is 30.3. The Labute approximate surface area is 149 Å². The van der Waals surface area contributed by atoms with Crippen LogP contribution in [0.5, 0.6) is 5.75 Å². The summed E-state index contributed by atoms with van der Waals surface area (Å²) in [4.78, 5) is 0. The molecule has 0 bridgehead atoms. The van der Waals surface area contributed by atoms with Gasteiger partial charge in [0.05, 0.1) is 12.2 Å². The Bertz CT molecular complexity index is 748. The fourth-order valence-corrected chi connectivity index (χ4v) is 2.80. The molecule has 0 fully saturated rings. The molecule has 132 valence electrons. The van der Waals surface area contributed by atoms with Gasteiger partial charge in [-0.2, -0.15) is 0 Å². The number of rotatable bonds is 6. The lowest BCUT2D eigenvalue weighted by atomic mass is 9.99. The van der Waals surface area contributed by atoms with Gasteiger partial charge in [0.1, 0.15) is 5.75 Å². The molecule has 0 aliphatic heterocycles. The molecule has 2 aromatic carbocycles. The highest BCUT2D eigenvalue weighted by Gasteiger charge is 2.10. The third kappa shape index (κ3) is 5.33. The van der Waals surface area contributed by atoms with Crippen LogP contribution in [0.25, 0.3) is 0 Å². The van der Waals surface area contributed by atoms with E-state index in [-0.39, 0.29) is 5.75 Å². The van der Waals surface area contributed by atoms with Crippen LogP contribution in [0.2, 0.25) is 0 Å². The standard InChI is InChI=1S/C22H26O3/c1-15(12-21(24)18-9-5-4-6-10-18)8-7-11-20(23)19-13-16(2)22(25)17(3)14-19/h4-7,9-10,13-14,20-21,23-25H,11-12H2,1-3H3/t8?,20-,21-/m1/s1. The Balaban J connectivity index is 2.00. The first kappa shape index (κ1) is 19.0. The van der Waals surface area contributed by atoms with Crippen molar-refractivity contribution in [3.05, 3.63) is 82.1 Å². The number of aryl methyl sites for hydroxylation is 2. The maximum absolute atomic E-state index is 10.3. The van der Waals surface area contributed by atoms with E-state index in [4.69, 9.17) is 0 Å². The summed E-state index contributed by atoms with van der Waals surface area (Å²) < 4.78 is 0. The van der Waals surface area contributed by atoms with Crippen molar-refractivity contribution >= 4 is 0 Å². The molecule has 2 atom stereocenters. The van der Waals surface area contributed by atoms with Gasteiger partial charge < -0.3 is 15.3 Å². The van der Waals surface area contributed by atoms with Gasteiger partial charge in [-0.05, 0) is 66.8 Å². The van der Waals surface area contributed by atoms with E-state index in [0.717, 1.165) is 27.8 Å². The zero-order valence-electron chi connectivity index (χ0n) is 15.0. The molecule has 3 N–H and O–H groups in total. The SMILES string of the molecule is CC(=C=CC[C@@H](O)c1cc(C)c(O)c(C)c1)C[C@@H](O)c1ccccc1. The molecule has 0 aliphatic carbocycles. The third-order valence-corrected chi connectivity index (χ3v) is 4.27. The summed E-state index contributed by atoms with van der Waals surface area (Å²) in [6.45, 7) is 5.57. The van der Waals surface area contributed by atoms with Gasteiger partial charge in [-0.3, -0.25) is 0 Å². The van der Waals surface area contributed by atoms with Gasteiger partial charge in [0, 0.05) is 12.8 Å². The van der Waals surface area contributed by atoms with E-state index in [1.807, 2.05) is 51.1 Å². The van der Waals surface area contributed by atoms with Crippen LogP contribution in [0.3, 0.4) is 0 Å². The highest BCUT2D eigenvalue weighted by atomic mass is 16.3. The van der Waals surface area contributed by atoms with Gasteiger partial charge in [-0.25, -0.2) is 0 Å². The number of phenols is 1. The van der Waals surface area contributed by atoms with E-state index < -0.39 is 12.2 Å². The van der Waals surface area contributed by atoms with Crippen molar-refractivity contribution in [3.63, 3.8) is 0 Å². The smallest absolute Gasteiger partial charge is 0.121 e. The first-order valence-corrected chi connectivity index (χ1v) is 8.50. The number of aliphatic hydroxyl groups excluding tert-OH is 2. The Kier molecular flexibility index (Phi) is 6.60. The molecule has 0 spiro atoms. The van der Waals surface area contributed by atoms with Gasteiger partial charge in [0.25, 0.3) is 0 Å². The van der Waals surface area contributed by atoms with E-state index in [1.54, 1.807) is 18.2 Å². The maximum atomic E-state index is 10.3. The maximum Gasteiger partial charge on any atom is 0.121 e. The molecule has 0 saturated heterocycles. The van der Waals surface area contributed by atoms with E-state index in [1.165, 1.54) is 0 Å². The average molecular weight is 338 g/mol. The molecule has 0 aliphatic rings. The molecule has 25 heavy (non-hydrogen) atoms. The second-order valence-electron chi connectivity index (χ2n) is 6.51. The molecule has 2 aromatic rings. The molecule has 3 nitrogen and oxygen atoms in total. The van der Waals surface area contributed by atoms with Crippen LogP contribution in [0.4, 0.5) is 0 Å². The van der Waals surface area contributed by atoms with E-state index in [2.05, 4.69) is 5.73 Å². The minimum absolute atomic E-state index is 0.275. The second kappa shape index (κ2) is 8.68. The van der Waals surface area contributed by atoms with Crippen molar-refractivity contribution in [2.45, 2.75) is 45.8 Å². The van der Waals surface area contributed by atoms with E-state index in [9.17, 15) is 15.3 Å². The minimum atomic E-state index is -0.641. The van der Waals surface area contributed by atoms with Crippen molar-refractivity contribution in [3.8, 4) is 5.75 Å².